The topological polar surface area (TPSA) is 117 Å². The molecule has 0 spiro atoms. The minimum absolute atomic E-state index is 0.000542. The van der Waals surface area contributed by atoms with E-state index in [0.29, 0.717) is 4.68 Å². The molecule has 2 heterocycles. The number of halogens is 3. The molecule has 0 unspecified atom stereocenters. The molecule has 31 heavy (non-hydrogen) atoms. The van der Waals surface area contributed by atoms with E-state index >= 15 is 0 Å². The highest BCUT2D eigenvalue weighted by Crippen LogP contribution is 2.42. The molecular weight excluding hydrogens is 437 g/mol. The number of carbonyl (C=O) groups is 1. The van der Waals surface area contributed by atoms with Gasteiger partial charge in [-0.1, -0.05) is 12.1 Å². The van der Waals surface area contributed by atoms with Gasteiger partial charge in [-0.15, -0.1) is 0 Å². The fourth-order valence-electron chi connectivity index (χ4n) is 2.99. The molecule has 3 aromatic rings. The van der Waals surface area contributed by atoms with Crippen LogP contribution in [0, 0.1) is 0 Å². The van der Waals surface area contributed by atoms with E-state index < -0.39 is 34.4 Å². The van der Waals surface area contributed by atoms with Crippen LogP contribution in [0.15, 0.2) is 53.7 Å². The van der Waals surface area contributed by atoms with E-state index in [0.717, 1.165) is 0 Å². The van der Waals surface area contributed by atoms with Crippen molar-refractivity contribution in [3.05, 3.63) is 54.5 Å². The molecule has 8 nitrogen and oxygen atoms in total. The third-order valence-corrected chi connectivity index (χ3v) is 5.16. The Morgan fingerprint density at radius 3 is 2.23 bits per heavy atom. The number of alkyl halides is 3. The van der Waals surface area contributed by atoms with E-state index in [1.165, 1.54) is 55.7 Å². The zero-order chi connectivity index (χ0) is 22.8. The van der Waals surface area contributed by atoms with Crippen molar-refractivity contribution in [3.63, 3.8) is 0 Å². The largest absolute Gasteiger partial charge is 0.465 e. The second-order valence-corrected chi connectivity index (χ2v) is 7.90. The third-order valence-electron chi connectivity index (χ3n) is 4.23. The number of rotatable bonds is 6. The Bertz CT molecular complexity index is 1190. The van der Waals surface area contributed by atoms with Gasteiger partial charge >= 0.3 is 12.1 Å². The lowest BCUT2D eigenvalue weighted by Crippen LogP contribution is -2.21. The summed E-state index contributed by atoms with van der Waals surface area (Å²) in [5.74, 6) is -0.882. The van der Waals surface area contributed by atoms with Crippen LogP contribution in [0.4, 0.5) is 13.2 Å². The smallest absolute Gasteiger partial charge is 0.433 e. The van der Waals surface area contributed by atoms with Gasteiger partial charge in [-0.05, 0) is 36.8 Å². The van der Waals surface area contributed by atoms with E-state index in [1.54, 1.807) is 0 Å². The lowest BCUT2D eigenvalue weighted by molar-refractivity contribution is -0.149. The first kappa shape index (κ1) is 22.4. The SMILES string of the molecule is CCOC(=O)Cn1nc(-c2ccc(S(N)(=O)=O)cc2)c(-c2ccncc2)c1C(F)(F)F. The van der Waals surface area contributed by atoms with Crippen molar-refractivity contribution >= 4 is 16.0 Å². The minimum Gasteiger partial charge on any atom is -0.465 e. The first-order valence-electron chi connectivity index (χ1n) is 8.89. The lowest BCUT2D eigenvalue weighted by Gasteiger charge is -2.12. The molecule has 0 bridgehead atoms. The Morgan fingerprint density at radius 2 is 1.71 bits per heavy atom. The average molecular weight is 454 g/mol. The maximum Gasteiger partial charge on any atom is 0.433 e. The number of hydrogen-bond acceptors (Lipinski definition) is 6. The summed E-state index contributed by atoms with van der Waals surface area (Å²) in [7, 11) is -3.99. The van der Waals surface area contributed by atoms with Gasteiger partial charge in [0.15, 0.2) is 5.69 Å². The molecule has 1 aromatic carbocycles. The number of benzene rings is 1. The molecule has 3 rings (SSSR count). The van der Waals surface area contributed by atoms with Gasteiger partial charge in [-0.3, -0.25) is 9.78 Å². The molecule has 0 saturated heterocycles. The molecule has 2 N–H and O–H groups in total. The predicted molar refractivity (Wildman–Crippen MR) is 104 cm³/mol. The minimum atomic E-state index is -4.85. The number of esters is 1. The van der Waals surface area contributed by atoms with Crippen LogP contribution in [-0.4, -0.2) is 35.8 Å². The molecule has 0 fully saturated rings. The molecule has 0 amide bonds. The number of pyridine rings is 1. The van der Waals surface area contributed by atoms with Gasteiger partial charge in [0.25, 0.3) is 0 Å². The highest BCUT2D eigenvalue weighted by Gasteiger charge is 2.41. The Morgan fingerprint density at radius 1 is 1.10 bits per heavy atom. The fourth-order valence-corrected chi connectivity index (χ4v) is 3.51. The normalized spacial score (nSPS) is 12.0. The molecule has 2 aromatic heterocycles. The highest BCUT2D eigenvalue weighted by molar-refractivity contribution is 7.89. The molecule has 0 aliphatic carbocycles. The summed E-state index contributed by atoms with van der Waals surface area (Å²) in [6.07, 6.45) is -2.20. The summed E-state index contributed by atoms with van der Waals surface area (Å²) in [4.78, 5) is 15.5. The van der Waals surface area contributed by atoms with E-state index in [9.17, 15) is 26.4 Å². The number of carbonyl (C=O) groups excluding carboxylic acids is 1. The molecule has 0 aliphatic rings. The standard InChI is InChI=1S/C19H17F3N4O4S/c1-2-30-15(27)11-26-18(19(20,21)22)16(12-7-9-24-10-8-12)17(25-26)13-3-5-14(6-4-13)31(23,28)29/h3-10H,2,11H2,1H3,(H2,23,28,29). The van der Waals surface area contributed by atoms with Crippen molar-refractivity contribution in [3.8, 4) is 22.4 Å². The van der Waals surface area contributed by atoms with Gasteiger partial charge in [0.2, 0.25) is 10.0 Å². The van der Waals surface area contributed by atoms with Crippen molar-refractivity contribution in [1.82, 2.24) is 14.8 Å². The maximum atomic E-state index is 14.1. The van der Waals surface area contributed by atoms with Crippen molar-refractivity contribution < 1.29 is 31.1 Å². The van der Waals surface area contributed by atoms with Gasteiger partial charge in [0.1, 0.15) is 12.2 Å². The Kier molecular flexibility index (Phi) is 6.13. The number of nitrogens with zero attached hydrogens (tertiary/aromatic N) is 3. The van der Waals surface area contributed by atoms with Crippen molar-refractivity contribution in [1.29, 1.82) is 0 Å². The van der Waals surface area contributed by atoms with Crippen molar-refractivity contribution in [2.75, 3.05) is 6.61 Å². The van der Waals surface area contributed by atoms with Gasteiger partial charge in [0, 0.05) is 23.5 Å². The summed E-state index contributed by atoms with van der Waals surface area (Å²) >= 11 is 0. The monoisotopic (exact) mass is 454 g/mol. The Labute approximate surface area is 175 Å². The molecule has 12 heteroatoms. The second-order valence-electron chi connectivity index (χ2n) is 6.34. The predicted octanol–water partition coefficient (Wildman–Crippen LogP) is 2.84. The van der Waals surface area contributed by atoms with Crippen LogP contribution in [0.2, 0.25) is 0 Å². The quantitative estimate of drug-likeness (QED) is 0.573. The zero-order valence-electron chi connectivity index (χ0n) is 16.1. The van der Waals surface area contributed by atoms with Crippen LogP contribution in [-0.2, 0) is 32.3 Å². The first-order chi connectivity index (χ1) is 14.5. The van der Waals surface area contributed by atoms with Crippen molar-refractivity contribution in [2.45, 2.75) is 24.5 Å². The van der Waals surface area contributed by atoms with Gasteiger partial charge < -0.3 is 4.74 Å². The second kappa shape index (κ2) is 8.47. The number of sulfonamides is 1. The summed E-state index contributed by atoms with van der Waals surface area (Å²) in [5, 5.41) is 9.11. The van der Waals surface area contributed by atoms with Gasteiger partial charge in [-0.2, -0.15) is 18.3 Å². The average Bonchev–Trinajstić information content (AvgIpc) is 3.07. The molecule has 0 aliphatic heterocycles. The number of hydrogen-bond donors (Lipinski definition) is 1. The van der Waals surface area contributed by atoms with Crippen LogP contribution in [0.3, 0.4) is 0 Å². The maximum absolute atomic E-state index is 14.1. The summed E-state index contributed by atoms with van der Waals surface area (Å²) in [5.41, 5.74) is -1.14. The molecule has 0 radical (unpaired) electrons. The van der Waals surface area contributed by atoms with Gasteiger partial charge in [0.05, 0.1) is 11.5 Å². The van der Waals surface area contributed by atoms with Crippen LogP contribution in [0.1, 0.15) is 12.6 Å². The van der Waals surface area contributed by atoms with E-state index in [1.807, 2.05) is 0 Å². The molecule has 164 valence electrons. The van der Waals surface area contributed by atoms with E-state index in [2.05, 4.69) is 10.1 Å². The number of aromatic nitrogens is 3. The van der Waals surface area contributed by atoms with Crippen LogP contribution >= 0.6 is 0 Å². The molecular formula is C19H17F3N4O4S. The Balaban J connectivity index is 2.27. The van der Waals surface area contributed by atoms with E-state index in [-0.39, 0.29) is 33.9 Å². The number of ether oxygens (including phenoxy) is 1. The number of primary sulfonamides is 1. The fraction of sp³-hybridized carbons (Fsp3) is 0.211. The summed E-state index contributed by atoms with van der Waals surface area (Å²) < 4.78 is 70.5. The summed E-state index contributed by atoms with van der Waals surface area (Å²) in [6.45, 7) is 0.781. The lowest BCUT2D eigenvalue weighted by atomic mass is 9.99. The first-order valence-corrected chi connectivity index (χ1v) is 10.4. The molecule has 0 atom stereocenters. The van der Waals surface area contributed by atoms with Gasteiger partial charge in [-0.25, -0.2) is 18.2 Å². The molecule has 0 saturated carbocycles. The Hall–Kier alpha value is -3.25. The zero-order valence-corrected chi connectivity index (χ0v) is 16.9. The van der Waals surface area contributed by atoms with Crippen LogP contribution < -0.4 is 5.14 Å². The van der Waals surface area contributed by atoms with Crippen molar-refractivity contribution in [2.24, 2.45) is 5.14 Å². The third kappa shape index (κ3) is 4.91. The van der Waals surface area contributed by atoms with Crippen LogP contribution in [0.5, 0.6) is 0 Å². The van der Waals surface area contributed by atoms with E-state index in [4.69, 9.17) is 9.88 Å². The highest BCUT2D eigenvalue weighted by atomic mass is 32.2. The number of nitrogens with two attached hydrogens (primary N) is 1. The van der Waals surface area contributed by atoms with Crippen LogP contribution in [0.25, 0.3) is 22.4 Å². The summed E-state index contributed by atoms with van der Waals surface area (Å²) in [6, 6.07) is 7.67.